The molecule has 1 amide bonds. The molecule has 0 aliphatic carbocycles. The Balaban J connectivity index is 2.15. The number of hydrogen-bond donors (Lipinski definition) is 1. The maximum absolute atomic E-state index is 12.3. The van der Waals surface area contributed by atoms with E-state index in [1.165, 1.54) is 18.3 Å². The third kappa shape index (κ3) is 5.73. The number of aromatic nitrogens is 1. The van der Waals surface area contributed by atoms with E-state index in [9.17, 15) is 13.2 Å². The minimum Gasteiger partial charge on any atom is -0.322 e. The lowest BCUT2D eigenvalue weighted by Crippen LogP contribution is -2.12. The number of carbonyl (C=O) groups excluding carboxylic acids is 1. The van der Waals surface area contributed by atoms with Crippen molar-refractivity contribution in [3.63, 3.8) is 0 Å². The fourth-order valence-corrected chi connectivity index (χ4v) is 2.53. The first-order chi connectivity index (χ1) is 11.5. The zero-order valence-corrected chi connectivity index (χ0v) is 15.4. The molecule has 0 spiro atoms. The molecule has 0 bridgehead atoms. The minimum absolute atomic E-state index is 0.123. The number of nitrogens with zero attached hydrogens (tertiary/aromatic N) is 1. The van der Waals surface area contributed by atoms with Crippen LogP contribution in [0.15, 0.2) is 47.5 Å². The number of hydrogen-bond acceptors (Lipinski definition) is 4. The SMILES string of the molecule is CC(C)(C)C#Cc1ccc(C(=O)Nc2cccc(S(C)(=O)=O)c2)cn1. The first kappa shape index (κ1) is 18.7. The zero-order chi connectivity index (χ0) is 18.7. The van der Waals surface area contributed by atoms with Crippen molar-refractivity contribution in [3.8, 4) is 11.8 Å². The highest BCUT2D eigenvalue weighted by atomic mass is 32.2. The van der Waals surface area contributed by atoms with E-state index in [4.69, 9.17) is 0 Å². The van der Waals surface area contributed by atoms with Gasteiger partial charge in [-0.25, -0.2) is 13.4 Å². The maximum Gasteiger partial charge on any atom is 0.257 e. The van der Waals surface area contributed by atoms with Gasteiger partial charge in [0, 0.05) is 23.6 Å². The molecule has 1 aromatic carbocycles. The van der Waals surface area contributed by atoms with Crippen LogP contribution in [0, 0.1) is 17.3 Å². The predicted octanol–water partition coefficient (Wildman–Crippen LogP) is 3.14. The summed E-state index contributed by atoms with van der Waals surface area (Å²) in [7, 11) is -3.33. The van der Waals surface area contributed by atoms with Gasteiger partial charge in [-0.1, -0.05) is 12.0 Å². The Morgan fingerprint density at radius 1 is 1.16 bits per heavy atom. The van der Waals surface area contributed by atoms with Crippen LogP contribution < -0.4 is 5.32 Å². The van der Waals surface area contributed by atoms with Gasteiger partial charge in [0.15, 0.2) is 9.84 Å². The minimum atomic E-state index is -3.33. The second kappa shape index (κ2) is 7.08. The number of sulfone groups is 1. The fraction of sp³-hybridized carbons (Fsp3) is 0.263. The molecule has 1 heterocycles. The van der Waals surface area contributed by atoms with Crippen LogP contribution in [-0.4, -0.2) is 25.6 Å². The molecule has 25 heavy (non-hydrogen) atoms. The highest BCUT2D eigenvalue weighted by Crippen LogP contribution is 2.16. The van der Waals surface area contributed by atoms with Gasteiger partial charge in [-0.3, -0.25) is 4.79 Å². The maximum atomic E-state index is 12.3. The Kier molecular flexibility index (Phi) is 5.29. The van der Waals surface area contributed by atoms with Gasteiger partial charge < -0.3 is 5.32 Å². The van der Waals surface area contributed by atoms with E-state index >= 15 is 0 Å². The van der Waals surface area contributed by atoms with Crippen LogP contribution in [0.4, 0.5) is 5.69 Å². The molecule has 0 aliphatic rings. The fourth-order valence-electron chi connectivity index (χ4n) is 1.86. The van der Waals surface area contributed by atoms with Crippen LogP contribution in [0.3, 0.4) is 0 Å². The molecule has 0 saturated carbocycles. The number of rotatable bonds is 3. The number of benzene rings is 1. The Hall–Kier alpha value is -2.65. The highest BCUT2D eigenvalue weighted by molar-refractivity contribution is 7.90. The topological polar surface area (TPSA) is 76.1 Å². The van der Waals surface area contributed by atoms with Crippen molar-refractivity contribution in [3.05, 3.63) is 53.9 Å². The van der Waals surface area contributed by atoms with Gasteiger partial charge in [0.05, 0.1) is 10.5 Å². The first-order valence-electron chi connectivity index (χ1n) is 7.65. The standard InChI is InChI=1S/C19H20N2O3S/c1-19(2,3)11-10-15-9-8-14(13-20-15)18(22)21-16-6-5-7-17(12-16)25(4,23)24/h5-9,12-13H,1-4H3,(H,21,22). The summed E-state index contributed by atoms with van der Waals surface area (Å²) in [5.74, 6) is 5.67. The largest absolute Gasteiger partial charge is 0.322 e. The summed E-state index contributed by atoms with van der Waals surface area (Å²) in [5, 5.41) is 2.67. The van der Waals surface area contributed by atoms with Crippen LogP contribution in [0.2, 0.25) is 0 Å². The normalized spacial score (nSPS) is 11.4. The van der Waals surface area contributed by atoms with Crippen LogP contribution in [-0.2, 0) is 9.84 Å². The summed E-state index contributed by atoms with van der Waals surface area (Å²) in [6.45, 7) is 6.02. The van der Waals surface area contributed by atoms with Crippen molar-refractivity contribution in [2.45, 2.75) is 25.7 Å². The molecular weight excluding hydrogens is 336 g/mol. The second-order valence-electron chi connectivity index (χ2n) is 6.69. The molecule has 0 atom stereocenters. The van der Waals surface area contributed by atoms with Gasteiger partial charge >= 0.3 is 0 Å². The summed E-state index contributed by atoms with van der Waals surface area (Å²) in [5.41, 5.74) is 1.24. The summed E-state index contributed by atoms with van der Waals surface area (Å²) in [6.07, 6.45) is 2.57. The van der Waals surface area contributed by atoms with Gasteiger partial charge in [-0.05, 0) is 57.0 Å². The first-order valence-corrected chi connectivity index (χ1v) is 9.54. The van der Waals surface area contributed by atoms with Crippen molar-refractivity contribution >= 4 is 21.4 Å². The summed E-state index contributed by atoms with van der Waals surface area (Å²) < 4.78 is 23.1. The Bertz CT molecular complexity index is 945. The Labute approximate surface area is 148 Å². The van der Waals surface area contributed by atoms with E-state index in [1.807, 2.05) is 20.8 Å². The van der Waals surface area contributed by atoms with Crippen LogP contribution in [0.5, 0.6) is 0 Å². The summed E-state index contributed by atoms with van der Waals surface area (Å²) in [6, 6.07) is 9.42. The van der Waals surface area contributed by atoms with Gasteiger partial charge in [0.1, 0.15) is 5.69 Å². The Morgan fingerprint density at radius 2 is 1.88 bits per heavy atom. The van der Waals surface area contributed by atoms with Crippen molar-refractivity contribution in [2.75, 3.05) is 11.6 Å². The smallest absolute Gasteiger partial charge is 0.257 e. The number of carbonyl (C=O) groups is 1. The van der Waals surface area contributed by atoms with E-state index in [2.05, 4.69) is 22.1 Å². The van der Waals surface area contributed by atoms with E-state index in [-0.39, 0.29) is 16.2 Å². The lowest BCUT2D eigenvalue weighted by molar-refractivity contribution is 0.102. The molecule has 2 aromatic rings. The quantitative estimate of drug-likeness (QED) is 0.857. The van der Waals surface area contributed by atoms with Crippen molar-refractivity contribution in [1.82, 2.24) is 4.98 Å². The zero-order valence-electron chi connectivity index (χ0n) is 14.6. The molecule has 0 fully saturated rings. The van der Waals surface area contributed by atoms with E-state index in [1.54, 1.807) is 24.3 Å². The molecule has 2 rings (SSSR count). The average Bonchev–Trinajstić information content (AvgIpc) is 2.52. The van der Waals surface area contributed by atoms with Crippen molar-refractivity contribution in [1.29, 1.82) is 0 Å². The van der Waals surface area contributed by atoms with Crippen molar-refractivity contribution < 1.29 is 13.2 Å². The number of pyridine rings is 1. The van der Waals surface area contributed by atoms with E-state index in [0.29, 0.717) is 16.9 Å². The molecule has 1 aromatic heterocycles. The molecular formula is C19H20N2O3S. The molecule has 0 unspecified atom stereocenters. The van der Waals surface area contributed by atoms with Crippen LogP contribution in [0.1, 0.15) is 36.8 Å². The Morgan fingerprint density at radius 3 is 2.44 bits per heavy atom. The summed E-state index contributed by atoms with van der Waals surface area (Å²) in [4.78, 5) is 16.6. The van der Waals surface area contributed by atoms with E-state index in [0.717, 1.165) is 6.26 Å². The van der Waals surface area contributed by atoms with Gasteiger partial charge in [0.25, 0.3) is 5.91 Å². The average molecular weight is 356 g/mol. The molecule has 0 saturated heterocycles. The lowest BCUT2D eigenvalue weighted by atomic mass is 9.98. The lowest BCUT2D eigenvalue weighted by Gasteiger charge is -2.07. The third-order valence-electron chi connectivity index (χ3n) is 3.11. The molecule has 5 nitrogen and oxygen atoms in total. The van der Waals surface area contributed by atoms with Gasteiger partial charge in [-0.15, -0.1) is 0 Å². The van der Waals surface area contributed by atoms with Crippen LogP contribution in [0.25, 0.3) is 0 Å². The van der Waals surface area contributed by atoms with Crippen molar-refractivity contribution in [2.24, 2.45) is 5.41 Å². The number of nitrogens with one attached hydrogen (secondary N) is 1. The molecule has 6 heteroatoms. The third-order valence-corrected chi connectivity index (χ3v) is 4.22. The number of amides is 1. The van der Waals surface area contributed by atoms with Gasteiger partial charge in [-0.2, -0.15) is 0 Å². The molecule has 0 radical (unpaired) electrons. The molecule has 1 N–H and O–H groups in total. The number of anilines is 1. The monoisotopic (exact) mass is 356 g/mol. The molecule has 130 valence electrons. The van der Waals surface area contributed by atoms with E-state index < -0.39 is 9.84 Å². The summed E-state index contributed by atoms with van der Waals surface area (Å²) >= 11 is 0. The highest BCUT2D eigenvalue weighted by Gasteiger charge is 2.11. The van der Waals surface area contributed by atoms with Gasteiger partial charge in [0.2, 0.25) is 0 Å². The molecule has 0 aliphatic heterocycles. The van der Waals surface area contributed by atoms with Crippen LogP contribution >= 0.6 is 0 Å². The second-order valence-corrected chi connectivity index (χ2v) is 8.70. The predicted molar refractivity (Wildman–Crippen MR) is 98.1 cm³/mol.